The summed E-state index contributed by atoms with van der Waals surface area (Å²) in [6, 6.07) is 3.03. The predicted molar refractivity (Wildman–Crippen MR) is 104 cm³/mol. The lowest BCUT2D eigenvalue weighted by Crippen LogP contribution is -2.82. The molecule has 30 heavy (non-hydrogen) atoms. The van der Waals surface area contributed by atoms with Crippen LogP contribution in [0.25, 0.3) is 0 Å². The number of piperidine rings is 1. The molecule has 8 nitrogen and oxygen atoms in total. The maximum atomic E-state index is 12.3. The van der Waals surface area contributed by atoms with Crippen molar-refractivity contribution < 1.29 is 33.0 Å². The Morgan fingerprint density at radius 1 is 1.27 bits per heavy atom. The molecule has 1 aromatic rings. The smallest absolute Gasteiger partial charge is 0.192 e. The van der Waals surface area contributed by atoms with Crippen LogP contribution in [0.15, 0.2) is 12.1 Å². The highest BCUT2D eigenvalue weighted by molar-refractivity contribution is 7.87. The molecular formula is C21H26NO7S-. The van der Waals surface area contributed by atoms with E-state index in [9.17, 15) is 28.3 Å². The van der Waals surface area contributed by atoms with Gasteiger partial charge in [-0.2, -0.15) is 0 Å². The summed E-state index contributed by atoms with van der Waals surface area (Å²) in [4.78, 5) is -0.356. The Morgan fingerprint density at radius 2 is 2.00 bits per heavy atom. The van der Waals surface area contributed by atoms with Gasteiger partial charge in [0.25, 0.3) is 0 Å². The van der Waals surface area contributed by atoms with Gasteiger partial charge in [-0.1, -0.05) is 13.0 Å². The summed E-state index contributed by atoms with van der Waals surface area (Å²) in [5.41, 5.74) is -1.19. The highest BCUT2D eigenvalue weighted by Gasteiger charge is 2.79. The lowest BCUT2D eigenvalue weighted by Gasteiger charge is -2.67. The highest BCUT2D eigenvalue weighted by atomic mass is 32.2. The summed E-state index contributed by atoms with van der Waals surface area (Å²) in [6.07, 6.45) is 1.03. The third-order valence-electron chi connectivity index (χ3n) is 8.59. The Balaban J connectivity index is 1.63. The van der Waals surface area contributed by atoms with Crippen LogP contribution < -0.4 is 4.74 Å². The van der Waals surface area contributed by atoms with Crippen LogP contribution >= 0.6 is 0 Å². The fraction of sp³-hybridized carbons (Fsp3) is 0.714. The molecular weight excluding hydrogens is 410 g/mol. The second-order valence-corrected chi connectivity index (χ2v) is 11.7. The van der Waals surface area contributed by atoms with Gasteiger partial charge in [0.05, 0.1) is 11.0 Å². The van der Waals surface area contributed by atoms with Crippen LogP contribution in [0.1, 0.15) is 43.7 Å². The van der Waals surface area contributed by atoms with E-state index < -0.39 is 38.6 Å². The molecule has 5 aliphatic rings. The molecule has 0 radical (unpaired) electrons. The van der Waals surface area contributed by atoms with E-state index in [0.29, 0.717) is 24.4 Å². The van der Waals surface area contributed by atoms with Crippen molar-refractivity contribution in [2.45, 2.75) is 67.1 Å². The Morgan fingerprint density at radius 3 is 2.67 bits per heavy atom. The molecule has 3 aliphatic carbocycles. The average molecular weight is 437 g/mol. The monoisotopic (exact) mass is 436 g/mol. The Bertz CT molecular complexity index is 1060. The number of benzene rings is 1. The van der Waals surface area contributed by atoms with Crippen LogP contribution in [-0.2, 0) is 22.0 Å². The number of ether oxygens (including phenoxy) is 1. The number of nitrogens with zero attached hydrogens (tertiary/aromatic N) is 1. The van der Waals surface area contributed by atoms with E-state index in [0.717, 1.165) is 12.1 Å². The zero-order valence-corrected chi connectivity index (χ0v) is 17.6. The van der Waals surface area contributed by atoms with Crippen molar-refractivity contribution in [2.75, 3.05) is 13.1 Å². The van der Waals surface area contributed by atoms with Gasteiger partial charge in [-0.15, -0.1) is 0 Å². The van der Waals surface area contributed by atoms with E-state index >= 15 is 0 Å². The molecule has 2 unspecified atom stereocenters. The van der Waals surface area contributed by atoms with Crippen LogP contribution in [0, 0.1) is 11.8 Å². The molecule has 0 amide bonds. The molecule has 2 aliphatic heterocycles. The number of hydrogen-bond acceptors (Lipinski definition) is 8. The van der Waals surface area contributed by atoms with Crippen LogP contribution in [0.3, 0.4) is 0 Å². The maximum Gasteiger partial charge on any atom is 0.192 e. The van der Waals surface area contributed by atoms with Gasteiger partial charge in [0.1, 0.15) is 10.1 Å². The van der Waals surface area contributed by atoms with E-state index in [1.807, 2.05) is 6.92 Å². The fourth-order valence-corrected chi connectivity index (χ4v) is 8.04. The summed E-state index contributed by atoms with van der Waals surface area (Å²) >= 11 is 0. The molecule has 1 saturated heterocycles. The van der Waals surface area contributed by atoms with Crippen molar-refractivity contribution in [3.63, 3.8) is 0 Å². The van der Waals surface area contributed by atoms with Gasteiger partial charge in [0, 0.05) is 24.7 Å². The van der Waals surface area contributed by atoms with Crippen LogP contribution in [0.2, 0.25) is 0 Å². The summed E-state index contributed by atoms with van der Waals surface area (Å²) in [5.74, 6) is 0.250. The molecule has 0 aromatic heterocycles. The molecule has 6 atom stereocenters. The van der Waals surface area contributed by atoms with Crippen molar-refractivity contribution in [3.8, 4) is 11.5 Å². The quantitative estimate of drug-likeness (QED) is 0.582. The molecule has 164 valence electrons. The molecule has 2 saturated carbocycles. The van der Waals surface area contributed by atoms with E-state index in [-0.39, 0.29) is 29.9 Å². The number of phenolic OH excluding ortho intramolecular Hbond substituents is 1. The normalized spacial score (nSPS) is 44.5. The molecule has 2 bridgehead atoms. The van der Waals surface area contributed by atoms with Crippen molar-refractivity contribution in [3.05, 3.63) is 23.3 Å². The van der Waals surface area contributed by atoms with Gasteiger partial charge in [0.2, 0.25) is 0 Å². The average Bonchev–Trinajstić information content (AvgIpc) is 3.39. The first-order valence-corrected chi connectivity index (χ1v) is 12.1. The van der Waals surface area contributed by atoms with E-state index in [2.05, 4.69) is 4.90 Å². The molecule has 3 fully saturated rings. The SMILES string of the molecule is CC1CN(CC2CC2)[C@@H]2Cc3ccc(O)c4c3[C@]13[C@@H](O4)C(O)(S(=O)(=O)[O-])CC[C@@]23O. The topological polar surface area (TPSA) is 130 Å². The fourth-order valence-electron chi connectivity index (χ4n) is 7.19. The minimum absolute atomic E-state index is 0.0183. The van der Waals surface area contributed by atoms with Gasteiger partial charge in [-0.25, -0.2) is 8.42 Å². The van der Waals surface area contributed by atoms with Crippen molar-refractivity contribution in [1.29, 1.82) is 0 Å². The number of hydrogen-bond donors (Lipinski definition) is 3. The van der Waals surface area contributed by atoms with Crippen LogP contribution in [-0.4, -0.2) is 69.0 Å². The summed E-state index contributed by atoms with van der Waals surface area (Å²) in [7, 11) is -5.16. The number of rotatable bonds is 3. The van der Waals surface area contributed by atoms with E-state index in [4.69, 9.17) is 4.74 Å². The number of likely N-dealkylation sites (tertiary alicyclic amines) is 1. The molecule has 2 heterocycles. The van der Waals surface area contributed by atoms with Gasteiger partial charge >= 0.3 is 0 Å². The Kier molecular flexibility index (Phi) is 3.54. The standard InChI is InChI=1S/C21H27NO7S/c1-11-9-22(10-12-2-3-12)15-8-13-4-5-14(23)17-16(13)21(11)18(29-17)20(25,30(26,27)28)7-6-19(15,21)24/h4-5,11-12,15,18,23-25H,2-3,6-10H2,1H3,(H,26,27,28)/p-1/t11?,15-,18+,19-,20?,21+/m1/s1. The lowest BCUT2D eigenvalue weighted by atomic mass is 9.45. The van der Waals surface area contributed by atoms with Gasteiger partial charge in [-0.3, -0.25) is 4.90 Å². The third-order valence-corrected chi connectivity index (χ3v) is 9.87. The van der Waals surface area contributed by atoms with Gasteiger partial charge in [0.15, 0.2) is 22.5 Å². The van der Waals surface area contributed by atoms with E-state index in [1.165, 1.54) is 18.9 Å². The van der Waals surface area contributed by atoms with Gasteiger partial charge in [-0.05, 0) is 55.6 Å². The number of phenols is 1. The first-order chi connectivity index (χ1) is 14.0. The molecule has 1 aromatic carbocycles. The van der Waals surface area contributed by atoms with Gasteiger partial charge < -0.3 is 24.6 Å². The largest absolute Gasteiger partial charge is 0.746 e. The Labute approximate surface area is 175 Å². The molecule has 9 heteroatoms. The van der Waals surface area contributed by atoms with E-state index in [1.54, 1.807) is 6.07 Å². The summed E-state index contributed by atoms with van der Waals surface area (Å²) in [5, 5.41) is 34.0. The maximum absolute atomic E-state index is 12.3. The third kappa shape index (κ3) is 1.99. The minimum atomic E-state index is -5.16. The Hall–Kier alpha value is -1.39. The second kappa shape index (κ2) is 5.50. The first kappa shape index (κ1) is 19.3. The second-order valence-electron chi connectivity index (χ2n) is 10.1. The lowest BCUT2D eigenvalue weighted by molar-refractivity contribution is -0.235. The molecule has 6 rings (SSSR count). The zero-order valence-electron chi connectivity index (χ0n) is 16.7. The molecule has 1 spiro atoms. The minimum Gasteiger partial charge on any atom is -0.746 e. The number of aliphatic hydroxyl groups is 2. The van der Waals surface area contributed by atoms with Crippen LogP contribution in [0.5, 0.6) is 11.5 Å². The van der Waals surface area contributed by atoms with Crippen molar-refractivity contribution >= 4 is 10.1 Å². The first-order valence-electron chi connectivity index (χ1n) is 10.7. The number of aromatic hydroxyl groups is 1. The zero-order chi connectivity index (χ0) is 21.3. The summed E-state index contributed by atoms with van der Waals surface area (Å²) in [6.45, 7) is 3.41. The molecule has 3 N–H and O–H groups in total. The van der Waals surface area contributed by atoms with Crippen molar-refractivity contribution in [2.24, 2.45) is 11.8 Å². The predicted octanol–water partition coefficient (Wildman–Crippen LogP) is 0.436. The van der Waals surface area contributed by atoms with Crippen LogP contribution in [0.4, 0.5) is 0 Å². The summed E-state index contributed by atoms with van der Waals surface area (Å²) < 4.78 is 42.7. The highest BCUT2D eigenvalue weighted by Crippen LogP contribution is 2.69. The van der Waals surface area contributed by atoms with Crippen molar-refractivity contribution in [1.82, 2.24) is 4.90 Å².